The van der Waals surface area contributed by atoms with Gasteiger partial charge in [0.05, 0.1) is 12.3 Å². The lowest BCUT2D eigenvalue weighted by molar-refractivity contribution is 0.281. The van der Waals surface area contributed by atoms with Gasteiger partial charge in [-0.25, -0.2) is 9.37 Å². The van der Waals surface area contributed by atoms with Crippen LogP contribution < -0.4 is 10.6 Å². The Hall–Kier alpha value is -3.06. The molecule has 0 saturated heterocycles. The Balaban J connectivity index is 1.98. The minimum absolute atomic E-state index is 0.0414. The van der Waals surface area contributed by atoms with Crippen LogP contribution in [0.4, 0.5) is 21.8 Å². The average Bonchev–Trinajstić information content (AvgIpc) is 2.64. The molecule has 7 heteroatoms. The highest BCUT2D eigenvalue weighted by Gasteiger charge is 2.10. The molecule has 0 fully saturated rings. The van der Waals surface area contributed by atoms with Crippen LogP contribution in [0.15, 0.2) is 48.8 Å². The van der Waals surface area contributed by atoms with E-state index in [0.29, 0.717) is 17.5 Å². The molecule has 134 valence electrons. The van der Waals surface area contributed by atoms with Gasteiger partial charge in [-0.05, 0) is 49.7 Å². The first-order valence-electron chi connectivity index (χ1n) is 8.25. The molecule has 0 unspecified atom stereocenters. The van der Waals surface area contributed by atoms with Crippen LogP contribution in [0.25, 0.3) is 11.3 Å². The lowest BCUT2D eigenvalue weighted by Crippen LogP contribution is -2.21. The van der Waals surface area contributed by atoms with Crippen molar-refractivity contribution in [2.24, 2.45) is 0 Å². The Morgan fingerprint density at radius 1 is 1.19 bits per heavy atom. The minimum atomic E-state index is -0.286. The van der Waals surface area contributed by atoms with Crippen molar-refractivity contribution in [1.29, 1.82) is 0 Å². The van der Waals surface area contributed by atoms with E-state index in [9.17, 15) is 9.50 Å². The molecular formula is C19H20FN5O. The minimum Gasteiger partial charge on any atom is -0.394 e. The van der Waals surface area contributed by atoms with Gasteiger partial charge in [0.2, 0.25) is 5.95 Å². The van der Waals surface area contributed by atoms with Crippen molar-refractivity contribution in [3.8, 4) is 11.3 Å². The first-order chi connectivity index (χ1) is 12.5. The number of nitrogens with one attached hydrogen (secondary N) is 2. The Morgan fingerprint density at radius 3 is 2.73 bits per heavy atom. The first kappa shape index (κ1) is 17.8. The molecule has 0 amide bonds. The maximum Gasteiger partial charge on any atom is 0.225 e. The fourth-order valence-corrected chi connectivity index (χ4v) is 2.41. The number of aryl methyl sites for hydroxylation is 1. The van der Waals surface area contributed by atoms with Gasteiger partial charge in [0, 0.05) is 35.8 Å². The van der Waals surface area contributed by atoms with Crippen LogP contribution in [0.2, 0.25) is 0 Å². The van der Waals surface area contributed by atoms with E-state index < -0.39 is 0 Å². The number of pyridine rings is 1. The number of halogens is 1. The number of hydrogen-bond acceptors (Lipinski definition) is 6. The van der Waals surface area contributed by atoms with E-state index in [4.69, 9.17) is 0 Å². The molecule has 3 rings (SSSR count). The zero-order valence-electron chi connectivity index (χ0n) is 14.6. The SMILES string of the molecule is Cc1cc(F)ccc1Nc1cc(-c2cccnc2)nc(N[C@H](C)CO)n1. The molecule has 1 atom stereocenters. The Bertz CT molecular complexity index is 888. The van der Waals surface area contributed by atoms with Crippen molar-refractivity contribution >= 4 is 17.5 Å². The average molecular weight is 353 g/mol. The molecule has 3 N–H and O–H groups in total. The summed E-state index contributed by atoms with van der Waals surface area (Å²) >= 11 is 0. The van der Waals surface area contributed by atoms with Gasteiger partial charge in [-0.1, -0.05) is 0 Å². The van der Waals surface area contributed by atoms with E-state index in [0.717, 1.165) is 16.8 Å². The summed E-state index contributed by atoms with van der Waals surface area (Å²) in [5.41, 5.74) is 3.05. The third-order valence-electron chi connectivity index (χ3n) is 3.78. The predicted molar refractivity (Wildman–Crippen MR) is 99.9 cm³/mol. The monoisotopic (exact) mass is 353 g/mol. The number of aromatic nitrogens is 3. The van der Waals surface area contributed by atoms with E-state index in [2.05, 4.69) is 25.6 Å². The third-order valence-corrected chi connectivity index (χ3v) is 3.78. The highest BCUT2D eigenvalue weighted by Crippen LogP contribution is 2.25. The molecule has 0 aliphatic carbocycles. The fraction of sp³-hybridized carbons (Fsp3) is 0.211. The second kappa shape index (κ2) is 7.88. The molecule has 2 heterocycles. The van der Waals surface area contributed by atoms with Crippen LogP contribution in [-0.4, -0.2) is 32.7 Å². The van der Waals surface area contributed by atoms with E-state index in [1.807, 2.05) is 26.0 Å². The zero-order valence-corrected chi connectivity index (χ0v) is 14.6. The number of anilines is 3. The molecule has 1 aromatic carbocycles. The van der Waals surface area contributed by atoms with Gasteiger partial charge >= 0.3 is 0 Å². The van der Waals surface area contributed by atoms with E-state index in [1.165, 1.54) is 12.1 Å². The summed E-state index contributed by atoms with van der Waals surface area (Å²) in [6, 6.07) is 9.86. The number of benzene rings is 1. The fourth-order valence-electron chi connectivity index (χ4n) is 2.41. The molecule has 0 spiro atoms. The molecule has 0 aliphatic rings. The quantitative estimate of drug-likeness (QED) is 0.629. The van der Waals surface area contributed by atoms with Crippen LogP contribution in [0.5, 0.6) is 0 Å². The van der Waals surface area contributed by atoms with E-state index >= 15 is 0 Å². The molecule has 26 heavy (non-hydrogen) atoms. The largest absolute Gasteiger partial charge is 0.394 e. The second-order valence-corrected chi connectivity index (χ2v) is 6.02. The summed E-state index contributed by atoms with van der Waals surface area (Å²) in [5, 5.41) is 15.5. The highest BCUT2D eigenvalue weighted by molar-refractivity contribution is 5.68. The third kappa shape index (κ3) is 4.31. The number of aliphatic hydroxyl groups excluding tert-OH is 1. The molecule has 0 bridgehead atoms. The molecule has 0 aliphatic heterocycles. The molecule has 0 radical (unpaired) electrons. The van der Waals surface area contributed by atoms with Gasteiger partial charge in [-0.3, -0.25) is 4.98 Å². The van der Waals surface area contributed by atoms with Crippen LogP contribution in [0.3, 0.4) is 0 Å². The summed E-state index contributed by atoms with van der Waals surface area (Å²) in [4.78, 5) is 13.1. The van der Waals surface area contributed by atoms with Gasteiger partial charge in [-0.15, -0.1) is 0 Å². The highest BCUT2D eigenvalue weighted by atomic mass is 19.1. The molecular weight excluding hydrogens is 333 g/mol. The standard InChI is InChI=1S/C19H20FN5O/c1-12-8-15(20)5-6-16(12)23-18-9-17(14-4-3-7-21-10-14)24-19(25-18)22-13(2)11-26/h3-10,13,26H,11H2,1-2H3,(H2,22,23,24,25)/t13-/m1/s1. The Kier molecular flexibility index (Phi) is 5.38. The molecule has 6 nitrogen and oxygen atoms in total. The van der Waals surface area contributed by atoms with Crippen LogP contribution >= 0.6 is 0 Å². The zero-order chi connectivity index (χ0) is 18.5. The van der Waals surface area contributed by atoms with Crippen molar-refractivity contribution in [3.05, 3.63) is 60.2 Å². The molecule has 3 aromatic rings. The number of aliphatic hydroxyl groups is 1. The van der Waals surface area contributed by atoms with Crippen LogP contribution in [-0.2, 0) is 0 Å². The van der Waals surface area contributed by atoms with Gasteiger partial charge in [0.15, 0.2) is 0 Å². The molecule has 2 aromatic heterocycles. The van der Waals surface area contributed by atoms with Gasteiger partial charge < -0.3 is 15.7 Å². The van der Waals surface area contributed by atoms with Gasteiger partial charge in [0.25, 0.3) is 0 Å². The topological polar surface area (TPSA) is 83.0 Å². The van der Waals surface area contributed by atoms with E-state index in [-0.39, 0.29) is 18.5 Å². The summed E-state index contributed by atoms with van der Waals surface area (Å²) in [6.45, 7) is 3.61. The van der Waals surface area contributed by atoms with Crippen molar-refractivity contribution in [2.45, 2.75) is 19.9 Å². The maximum atomic E-state index is 13.3. The van der Waals surface area contributed by atoms with E-state index in [1.54, 1.807) is 24.5 Å². The lowest BCUT2D eigenvalue weighted by Gasteiger charge is -2.15. The number of nitrogens with zero attached hydrogens (tertiary/aromatic N) is 3. The summed E-state index contributed by atoms with van der Waals surface area (Å²) < 4.78 is 13.3. The lowest BCUT2D eigenvalue weighted by atomic mass is 10.2. The van der Waals surface area contributed by atoms with Gasteiger partial charge in [-0.2, -0.15) is 4.98 Å². The Morgan fingerprint density at radius 2 is 2.04 bits per heavy atom. The summed E-state index contributed by atoms with van der Waals surface area (Å²) in [6.07, 6.45) is 3.41. The van der Waals surface area contributed by atoms with Crippen molar-refractivity contribution in [3.63, 3.8) is 0 Å². The first-order valence-corrected chi connectivity index (χ1v) is 8.25. The predicted octanol–water partition coefficient (Wildman–Crippen LogP) is 3.52. The normalized spacial score (nSPS) is 11.8. The van der Waals surface area contributed by atoms with Crippen molar-refractivity contribution in [2.75, 3.05) is 17.2 Å². The summed E-state index contributed by atoms with van der Waals surface area (Å²) in [7, 11) is 0. The summed E-state index contributed by atoms with van der Waals surface area (Å²) in [5.74, 6) is 0.655. The number of rotatable bonds is 6. The Labute approximate surface area is 151 Å². The van der Waals surface area contributed by atoms with Crippen molar-refractivity contribution < 1.29 is 9.50 Å². The van der Waals surface area contributed by atoms with Crippen LogP contribution in [0, 0.1) is 12.7 Å². The smallest absolute Gasteiger partial charge is 0.225 e. The molecule has 0 saturated carbocycles. The van der Waals surface area contributed by atoms with Crippen molar-refractivity contribution in [1.82, 2.24) is 15.0 Å². The van der Waals surface area contributed by atoms with Crippen LogP contribution in [0.1, 0.15) is 12.5 Å². The van der Waals surface area contributed by atoms with Gasteiger partial charge in [0.1, 0.15) is 11.6 Å². The maximum absolute atomic E-state index is 13.3. The number of hydrogen-bond donors (Lipinski definition) is 3. The second-order valence-electron chi connectivity index (χ2n) is 6.02.